The van der Waals surface area contributed by atoms with E-state index in [1.807, 2.05) is 13.8 Å². The van der Waals surface area contributed by atoms with Gasteiger partial charge in [-0.25, -0.2) is 4.39 Å². The Labute approximate surface area is 111 Å². The van der Waals surface area contributed by atoms with Gasteiger partial charge in [0.1, 0.15) is 12.2 Å². The fourth-order valence-corrected chi connectivity index (χ4v) is 1.87. The molecule has 0 unspecified atom stereocenters. The van der Waals surface area contributed by atoms with E-state index >= 15 is 0 Å². The Morgan fingerprint density at radius 3 is 2.84 bits per heavy atom. The van der Waals surface area contributed by atoms with Crippen LogP contribution in [0.25, 0.3) is 0 Å². The molecular formula is C14H17FO4. The number of carbonyl (C=O) groups is 1. The Balaban J connectivity index is 2.40. The second-order valence-corrected chi connectivity index (χ2v) is 5.38. The molecule has 0 bridgehead atoms. The minimum Gasteiger partial charge on any atom is -0.483 e. The van der Waals surface area contributed by atoms with Gasteiger partial charge in [-0.15, -0.1) is 0 Å². The van der Waals surface area contributed by atoms with Gasteiger partial charge in [0.05, 0.1) is 6.61 Å². The van der Waals surface area contributed by atoms with Crippen molar-refractivity contribution >= 4 is 5.78 Å². The van der Waals surface area contributed by atoms with Gasteiger partial charge in [0, 0.05) is 11.5 Å². The average molecular weight is 268 g/mol. The van der Waals surface area contributed by atoms with E-state index in [1.165, 1.54) is 6.07 Å². The Morgan fingerprint density at radius 1 is 1.53 bits per heavy atom. The lowest BCUT2D eigenvalue weighted by Gasteiger charge is -2.32. The summed E-state index contributed by atoms with van der Waals surface area (Å²) in [7, 11) is 0. The molecule has 1 heterocycles. The lowest BCUT2D eigenvalue weighted by Crippen LogP contribution is -2.39. The van der Waals surface area contributed by atoms with E-state index in [9.17, 15) is 9.18 Å². The maximum Gasteiger partial charge on any atom is 0.197 e. The highest BCUT2D eigenvalue weighted by Crippen LogP contribution is 2.38. The molecule has 1 N–H and O–H groups in total. The van der Waals surface area contributed by atoms with Crippen LogP contribution in [-0.4, -0.2) is 29.7 Å². The molecule has 1 aliphatic heterocycles. The van der Waals surface area contributed by atoms with Crippen LogP contribution >= 0.6 is 0 Å². The van der Waals surface area contributed by atoms with Crippen LogP contribution in [0.15, 0.2) is 12.1 Å². The first-order valence-electron chi connectivity index (χ1n) is 6.14. The first-order valence-corrected chi connectivity index (χ1v) is 6.14. The van der Waals surface area contributed by atoms with Gasteiger partial charge in [-0.1, -0.05) is 6.92 Å². The van der Waals surface area contributed by atoms with Gasteiger partial charge in [-0.2, -0.15) is 0 Å². The van der Waals surface area contributed by atoms with E-state index < -0.39 is 17.3 Å². The Morgan fingerprint density at radius 2 is 2.21 bits per heavy atom. The summed E-state index contributed by atoms with van der Waals surface area (Å²) in [5.41, 5.74) is -0.386. The van der Waals surface area contributed by atoms with Crippen molar-refractivity contribution in [3.8, 4) is 11.5 Å². The third-order valence-electron chi connectivity index (χ3n) is 2.97. The van der Waals surface area contributed by atoms with Crippen molar-refractivity contribution in [1.29, 1.82) is 0 Å². The van der Waals surface area contributed by atoms with Gasteiger partial charge in [0.2, 0.25) is 0 Å². The van der Waals surface area contributed by atoms with Crippen molar-refractivity contribution in [3.63, 3.8) is 0 Å². The lowest BCUT2D eigenvalue weighted by atomic mass is 9.99. The molecule has 1 atom stereocenters. The lowest BCUT2D eigenvalue weighted by molar-refractivity contribution is 0.0183. The quantitative estimate of drug-likeness (QED) is 0.854. The van der Waals surface area contributed by atoms with Crippen LogP contribution in [-0.2, 0) is 0 Å². The molecule has 0 amide bonds. The number of Topliss-reactive ketones (excluding diaryl/α,β-unsaturated/α-hetero) is 1. The van der Waals surface area contributed by atoms with Crippen molar-refractivity contribution in [3.05, 3.63) is 23.5 Å². The number of halogens is 1. The number of hydrogen-bond donors (Lipinski definition) is 1. The molecule has 0 saturated carbocycles. The molecular weight excluding hydrogens is 251 g/mol. The maximum atomic E-state index is 13.9. The number of aliphatic hydroxyl groups is 1. The van der Waals surface area contributed by atoms with Crippen molar-refractivity contribution < 1.29 is 23.8 Å². The molecule has 0 saturated heterocycles. The predicted molar refractivity (Wildman–Crippen MR) is 67.2 cm³/mol. The van der Waals surface area contributed by atoms with E-state index in [0.717, 1.165) is 6.07 Å². The highest BCUT2D eigenvalue weighted by Gasteiger charge is 2.31. The molecule has 19 heavy (non-hydrogen) atoms. The topological polar surface area (TPSA) is 55.8 Å². The van der Waals surface area contributed by atoms with E-state index in [0.29, 0.717) is 0 Å². The third-order valence-corrected chi connectivity index (χ3v) is 2.97. The molecule has 2 rings (SSSR count). The summed E-state index contributed by atoms with van der Waals surface area (Å²) in [4.78, 5) is 12.0. The highest BCUT2D eigenvalue weighted by atomic mass is 19.1. The van der Waals surface area contributed by atoms with Gasteiger partial charge in [0.15, 0.2) is 23.1 Å². The van der Waals surface area contributed by atoms with Crippen LogP contribution in [0.2, 0.25) is 0 Å². The van der Waals surface area contributed by atoms with Crippen molar-refractivity contribution in [1.82, 2.24) is 0 Å². The van der Waals surface area contributed by atoms with E-state index in [2.05, 4.69) is 0 Å². The zero-order chi connectivity index (χ0) is 14.2. The van der Waals surface area contributed by atoms with Gasteiger partial charge in [0.25, 0.3) is 0 Å². The fourth-order valence-electron chi connectivity index (χ4n) is 1.87. The molecule has 5 heteroatoms. The zero-order valence-electron chi connectivity index (χ0n) is 11.2. The first-order chi connectivity index (χ1) is 8.84. The molecule has 0 spiro atoms. The van der Waals surface area contributed by atoms with Crippen LogP contribution in [0.1, 0.15) is 31.1 Å². The van der Waals surface area contributed by atoms with Gasteiger partial charge >= 0.3 is 0 Å². The molecule has 0 radical (unpaired) electrons. The first kappa shape index (κ1) is 13.8. The number of ether oxygens (including phenoxy) is 2. The zero-order valence-corrected chi connectivity index (χ0v) is 11.2. The smallest absolute Gasteiger partial charge is 0.197 e. The Hall–Kier alpha value is -1.62. The summed E-state index contributed by atoms with van der Waals surface area (Å²) in [5.74, 6) is -1.26. The predicted octanol–water partition coefficient (Wildman–Crippen LogP) is 2.19. The minimum absolute atomic E-state index is 0.0347. The second-order valence-electron chi connectivity index (χ2n) is 5.38. The van der Waals surface area contributed by atoms with Gasteiger partial charge in [-0.3, -0.25) is 4.79 Å². The number of carbonyl (C=O) groups excluding carboxylic acids is 1. The number of benzene rings is 1. The summed E-state index contributed by atoms with van der Waals surface area (Å²) < 4.78 is 24.8. The van der Waals surface area contributed by atoms with Gasteiger partial charge < -0.3 is 14.6 Å². The summed E-state index contributed by atoms with van der Waals surface area (Å²) in [6, 6.07) is 2.59. The van der Waals surface area contributed by atoms with Crippen LogP contribution in [0.3, 0.4) is 0 Å². The third kappa shape index (κ3) is 2.71. The van der Waals surface area contributed by atoms with Crippen LogP contribution in [0.4, 0.5) is 4.39 Å². The van der Waals surface area contributed by atoms with Crippen LogP contribution < -0.4 is 9.47 Å². The fraction of sp³-hybridized carbons (Fsp3) is 0.500. The number of fused-ring (bicyclic) bond motifs is 1. The number of rotatable bonds is 3. The summed E-state index contributed by atoms with van der Waals surface area (Å²) >= 11 is 0. The summed E-state index contributed by atoms with van der Waals surface area (Å²) in [6.45, 7) is 5.19. The number of ketones is 1. The Kier molecular flexibility index (Phi) is 3.49. The van der Waals surface area contributed by atoms with Crippen molar-refractivity contribution in [2.24, 2.45) is 5.92 Å². The molecule has 1 aliphatic rings. The van der Waals surface area contributed by atoms with Gasteiger partial charge in [-0.05, 0) is 26.0 Å². The van der Waals surface area contributed by atoms with E-state index in [4.69, 9.17) is 14.6 Å². The molecule has 1 aromatic carbocycles. The summed E-state index contributed by atoms with van der Waals surface area (Å²) in [6.07, 6.45) is 0. The molecule has 0 aromatic heterocycles. The highest BCUT2D eigenvalue weighted by molar-refractivity contribution is 5.98. The van der Waals surface area contributed by atoms with E-state index in [1.54, 1.807) is 6.92 Å². The van der Waals surface area contributed by atoms with Crippen LogP contribution in [0.5, 0.6) is 11.5 Å². The number of aliphatic hydroxyl groups excluding tert-OH is 1. The Bertz CT molecular complexity index is 510. The molecule has 1 aromatic rings. The number of hydrogen-bond acceptors (Lipinski definition) is 4. The van der Waals surface area contributed by atoms with Crippen LogP contribution in [0, 0.1) is 11.7 Å². The minimum atomic E-state index is -0.624. The molecule has 104 valence electrons. The van der Waals surface area contributed by atoms with Crippen molar-refractivity contribution in [2.45, 2.75) is 26.4 Å². The standard InChI is InChI=1S/C14H17FO4/c1-8(6-16)12(17)9-4-10(15)13-11(5-9)19-14(2,3)7-18-13/h4-5,8,16H,6-7H2,1-3H3/t8-/m1/s1. The molecule has 0 fully saturated rings. The molecule has 0 aliphatic carbocycles. The summed E-state index contributed by atoms with van der Waals surface area (Å²) in [5, 5.41) is 8.99. The normalized spacial score (nSPS) is 17.9. The molecule has 4 nitrogen and oxygen atoms in total. The second kappa shape index (κ2) is 4.81. The van der Waals surface area contributed by atoms with E-state index in [-0.39, 0.29) is 36.1 Å². The largest absolute Gasteiger partial charge is 0.483 e. The SMILES string of the molecule is C[C@H](CO)C(=O)c1cc(F)c2c(c1)OC(C)(C)CO2. The van der Waals surface area contributed by atoms with Crippen molar-refractivity contribution in [2.75, 3.05) is 13.2 Å². The maximum absolute atomic E-state index is 13.9. The monoisotopic (exact) mass is 268 g/mol. The average Bonchev–Trinajstić information content (AvgIpc) is 2.35.